The van der Waals surface area contributed by atoms with Crippen LogP contribution in [0.15, 0.2) is 0 Å². The predicted molar refractivity (Wildman–Crippen MR) is 93.2 cm³/mol. The fourth-order valence-electron chi connectivity index (χ4n) is 3.08. The van der Waals surface area contributed by atoms with Gasteiger partial charge < -0.3 is 9.84 Å². The predicted octanol–water partition coefficient (Wildman–Crippen LogP) is 3.70. The van der Waals surface area contributed by atoms with Crippen LogP contribution in [0, 0.1) is 5.92 Å². The lowest BCUT2D eigenvalue weighted by Crippen LogP contribution is -2.44. The molecule has 0 amide bonds. The molecule has 1 aliphatic rings. The van der Waals surface area contributed by atoms with E-state index in [2.05, 4.69) is 53.7 Å². The summed E-state index contributed by atoms with van der Waals surface area (Å²) in [4.78, 5) is 12.3. The maximum Gasteiger partial charge on any atom is 0.310 e. The highest BCUT2D eigenvalue weighted by Crippen LogP contribution is 2.47. The second-order valence-corrected chi connectivity index (χ2v) is 8.19. The Bertz CT molecular complexity index is 357. The standard InChI is InChI=1S/C16H30INO3/c1-6-12(19)9-7-8-10-21-14(20)13-11-15(2,3)18(17)16(13,4)5/h12-13,19H,6-11H2,1-5H3. The molecule has 1 saturated heterocycles. The molecular formula is C16H30INO3. The maximum absolute atomic E-state index is 12.3. The van der Waals surface area contributed by atoms with Crippen molar-refractivity contribution in [3.8, 4) is 0 Å². The van der Waals surface area contributed by atoms with E-state index < -0.39 is 0 Å². The molecule has 1 N–H and O–H groups in total. The number of hydrogen-bond donors (Lipinski definition) is 1. The monoisotopic (exact) mass is 411 g/mol. The van der Waals surface area contributed by atoms with E-state index in [9.17, 15) is 9.90 Å². The number of aliphatic hydroxyl groups is 1. The second-order valence-electron chi connectivity index (χ2n) is 7.23. The van der Waals surface area contributed by atoms with Crippen LogP contribution in [0.4, 0.5) is 0 Å². The van der Waals surface area contributed by atoms with Crippen LogP contribution in [0.1, 0.15) is 66.7 Å². The molecule has 124 valence electrons. The highest BCUT2D eigenvalue weighted by Gasteiger charge is 2.54. The number of hydrogen-bond acceptors (Lipinski definition) is 4. The number of esters is 1. The summed E-state index contributed by atoms with van der Waals surface area (Å²) in [5, 5.41) is 9.48. The minimum Gasteiger partial charge on any atom is -0.465 e. The Morgan fingerprint density at radius 1 is 1.38 bits per heavy atom. The first-order valence-corrected chi connectivity index (χ1v) is 8.90. The van der Waals surface area contributed by atoms with E-state index in [1.54, 1.807) is 0 Å². The topological polar surface area (TPSA) is 49.8 Å². The molecule has 1 rings (SSSR count). The third kappa shape index (κ3) is 4.79. The van der Waals surface area contributed by atoms with E-state index >= 15 is 0 Å². The summed E-state index contributed by atoms with van der Waals surface area (Å²) in [5.41, 5.74) is -0.168. The van der Waals surface area contributed by atoms with Crippen molar-refractivity contribution in [2.75, 3.05) is 6.61 Å². The zero-order valence-corrected chi connectivity index (χ0v) is 16.1. The second kappa shape index (κ2) is 7.59. The van der Waals surface area contributed by atoms with Gasteiger partial charge in [0.25, 0.3) is 0 Å². The summed E-state index contributed by atoms with van der Waals surface area (Å²) < 4.78 is 7.72. The minimum absolute atomic E-state index is 0.0129. The number of nitrogens with zero attached hydrogens (tertiary/aromatic N) is 1. The van der Waals surface area contributed by atoms with Crippen LogP contribution >= 0.6 is 22.9 Å². The Balaban J connectivity index is 2.39. The van der Waals surface area contributed by atoms with E-state index in [-0.39, 0.29) is 29.1 Å². The van der Waals surface area contributed by atoms with E-state index in [0.29, 0.717) is 6.61 Å². The molecule has 1 heterocycles. The Morgan fingerprint density at radius 3 is 2.48 bits per heavy atom. The van der Waals surface area contributed by atoms with Crippen LogP contribution in [0.2, 0.25) is 0 Å². The zero-order chi connectivity index (χ0) is 16.3. The lowest BCUT2D eigenvalue weighted by atomic mass is 9.87. The number of carbonyl (C=O) groups is 1. The van der Waals surface area contributed by atoms with Gasteiger partial charge in [0.05, 0.1) is 18.6 Å². The molecule has 0 aliphatic carbocycles. The van der Waals surface area contributed by atoms with Gasteiger partial charge in [-0.1, -0.05) is 6.92 Å². The third-order valence-corrected chi connectivity index (χ3v) is 7.08. The largest absolute Gasteiger partial charge is 0.465 e. The average Bonchev–Trinajstić information content (AvgIpc) is 2.58. The van der Waals surface area contributed by atoms with Crippen LogP contribution < -0.4 is 0 Å². The van der Waals surface area contributed by atoms with Gasteiger partial charge in [-0.2, -0.15) is 0 Å². The van der Waals surface area contributed by atoms with Gasteiger partial charge in [-0.05, 0) is 59.8 Å². The summed E-state index contributed by atoms with van der Waals surface area (Å²) in [6, 6.07) is 0. The van der Waals surface area contributed by atoms with E-state index in [1.165, 1.54) is 0 Å². The van der Waals surface area contributed by atoms with Crippen molar-refractivity contribution in [3.05, 3.63) is 0 Å². The Kier molecular flexibility index (Phi) is 6.93. The number of carbonyl (C=O) groups excluding carboxylic acids is 1. The van der Waals surface area contributed by atoms with Gasteiger partial charge in [0.2, 0.25) is 0 Å². The highest BCUT2D eigenvalue weighted by atomic mass is 127. The molecule has 5 heteroatoms. The number of aliphatic hydroxyl groups excluding tert-OH is 1. The zero-order valence-electron chi connectivity index (χ0n) is 14.0. The Morgan fingerprint density at radius 2 is 2.00 bits per heavy atom. The van der Waals surface area contributed by atoms with Crippen molar-refractivity contribution in [1.29, 1.82) is 0 Å². The van der Waals surface area contributed by atoms with Crippen LogP contribution in [0.5, 0.6) is 0 Å². The third-order valence-electron chi connectivity index (χ3n) is 4.53. The molecule has 0 aromatic rings. The summed E-state index contributed by atoms with van der Waals surface area (Å²) in [7, 11) is 0. The molecule has 0 aromatic carbocycles. The van der Waals surface area contributed by atoms with Gasteiger partial charge in [0, 0.05) is 33.9 Å². The highest BCUT2D eigenvalue weighted by molar-refractivity contribution is 14.1. The Labute approximate surface area is 143 Å². The molecular weight excluding hydrogens is 381 g/mol. The first kappa shape index (κ1) is 19.2. The van der Waals surface area contributed by atoms with Crippen molar-refractivity contribution in [2.45, 2.75) is 83.9 Å². The normalized spacial score (nSPS) is 25.8. The molecule has 4 nitrogen and oxygen atoms in total. The number of halogens is 1. The van der Waals surface area contributed by atoms with E-state index in [1.807, 2.05) is 6.92 Å². The van der Waals surface area contributed by atoms with Gasteiger partial charge in [0.15, 0.2) is 0 Å². The van der Waals surface area contributed by atoms with Gasteiger partial charge in [-0.25, -0.2) is 3.11 Å². The number of ether oxygens (including phenoxy) is 1. The van der Waals surface area contributed by atoms with Crippen LogP contribution in [-0.2, 0) is 9.53 Å². The van der Waals surface area contributed by atoms with Crippen molar-refractivity contribution < 1.29 is 14.6 Å². The van der Waals surface area contributed by atoms with Crippen LogP contribution in [-0.4, -0.2) is 38.0 Å². The molecule has 2 atom stereocenters. The Hall–Kier alpha value is 0.120. The number of rotatable bonds is 7. The van der Waals surface area contributed by atoms with Gasteiger partial charge in [0.1, 0.15) is 0 Å². The fraction of sp³-hybridized carbons (Fsp3) is 0.938. The smallest absolute Gasteiger partial charge is 0.310 e. The van der Waals surface area contributed by atoms with Crippen molar-refractivity contribution in [3.63, 3.8) is 0 Å². The van der Waals surface area contributed by atoms with Crippen LogP contribution in [0.3, 0.4) is 0 Å². The molecule has 1 aliphatic heterocycles. The molecule has 2 unspecified atom stereocenters. The van der Waals surface area contributed by atoms with Gasteiger partial charge in [-0.3, -0.25) is 4.79 Å². The summed E-state index contributed by atoms with van der Waals surface area (Å²) in [6.45, 7) is 11.0. The first-order valence-electron chi connectivity index (χ1n) is 7.93. The maximum atomic E-state index is 12.3. The lowest BCUT2D eigenvalue weighted by Gasteiger charge is -2.35. The summed E-state index contributed by atoms with van der Waals surface area (Å²) in [6.07, 6.45) is 3.92. The minimum atomic E-state index is -0.220. The first-order chi connectivity index (χ1) is 9.63. The molecule has 21 heavy (non-hydrogen) atoms. The van der Waals surface area contributed by atoms with Crippen molar-refractivity contribution in [1.82, 2.24) is 3.11 Å². The van der Waals surface area contributed by atoms with E-state index in [0.717, 1.165) is 32.1 Å². The molecule has 1 fully saturated rings. The average molecular weight is 411 g/mol. The summed E-state index contributed by atoms with van der Waals surface area (Å²) >= 11 is 2.33. The van der Waals surface area contributed by atoms with Gasteiger partial charge >= 0.3 is 5.97 Å². The fourth-order valence-corrected chi connectivity index (χ4v) is 3.61. The van der Waals surface area contributed by atoms with Crippen molar-refractivity contribution >= 4 is 28.8 Å². The van der Waals surface area contributed by atoms with Gasteiger partial charge in [-0.15, -0.1) is 0 Å². The molecule has 0 bridgehead atoms. The van der Waals surface area contributed by atoms with E-state index in [4.69, 9.17) is 4.74 Å². The quantitative estimate of drug-likeness (QED) is 0.301. The molecule has 0 spiro atoms. The van der Waals surface area contributed by atoms with Crippen LogP contribution in [0.25, 0.3) is 0 Å². The summed E-state index contributed by atoms with van der Waals surface area (Å²) in [5.74, 6) is -0.158. The lowest BCUT2D eigenvalue weighted by molar-refractivity contribution is -0.150. The molecule has 0 aromatic heterocycles. The molecule has 0 saturated carbocycles. The number of unbranched alkanes of at least 4 members (excludes halogenated alkanes) is 1. The SMILES string of the molecule is CCC(O)CCCCOC(=O)C1CC(C)(C)N(I)C1(C)C. The molecule has 0 radical (unpaired) electrons. The van der Waals surface area contributed by atoms with Crippen molar-refractivity contribution in [2.24, 2.45) is 5.92 Å².